The molecule has 0 aromatic carbocycles. The second-order valence-electron chi connectivity index (χ2n) is 6.44. The van der Waals surface area contributed by atoms with E-state index >= 15 is 0 Å². The van der Waals surface area contributed by atoms with E-state index in [0.29, 0.717) is 29.6 Å². The largest absolute Gasteiger partial charge is 0.339 e. The quantitative estimate of drug-likeness (QED) is 0.762. The summed E-state index contributed by atoms with van der Waals surface area (Å²) < 4.78 is 5.55. The molecule has 0 saturated heterocycles. The standard InChI is InChI=1S/C15H22N2O/c1-8(2)12-10-5-6-11(7-10)13(12)15-16-14(9(3)4)17-18-15/h5-6,8-13H,7H2,1-4H3. The maximum atomic E-state index is 5.55. The molecule has 0 amide bonds. The van der Waals surface area contributed by atoms with Crippen LogP contribution in [0.25, 0.3) is 0 Å². The second-order valence-corrected chi connectivity index (χ2v) is 6.44. The van der Waals surface area contributed by atoms with E-state index in [1.54, 1.807) is 0 Å². The minimum atomic E-state index is 0.342. The van der Waals surface area contributed by atoms with Crippen LogP contribution in [0.3, 0.4) is 0 Å². The molecule has 3 rings (SSSR count). The zero-order chi connectivity index (χ0) is 12.9. The molecule has 0 radical (unpaired) electrons. The molecule has 4 unspecified atom stereocenters. The third-order valence-electron chi connectivity index (χ3n) is 4.55. The third kappa shape index (κ3) is 1.72. The lowest BCUT2D eigenvalue weighted by Crippen LogP contribution is -2.23. The van der Waals surface area contributed by atoms with Crippen LogP contribution in [0.15, 0.2) is 16.7 Å². The number of hydrogen-bond donors (Lipinski definition) is 0. The van der Waals surface area contributed by atoms with Crippen LogP contribution in [-0.4, -0.2) is 10.1 Å². The molecule has 18 heavy (non-hydrogen) atoms. The minimum Gasteiger partial charge on any atom is -0.339 e. The predicted molar refractivity (Wildman–Crippen MR) is 70.2 cm³/mol. The van der Waals surface area contributed by atoms with E-state index in [2.05, 4.69) is 50.0 Å². The van der Waals surface area contributed by atoms with Gasteiger partial charge in [-0.25, -0.2) is 0 Å². The van der Waals surface area contributed by atoms with E-state index in [-0.39, 0.29) is 0 Å². The van der Waals surface area contributed by atoms with E-state index in [1.807, 2.05) is 0 Å². The Hall–Kier alpha value is -1.12. The highest BCUT2D eigenvalue weighted by atomic mass is 16.5. The fraction of sp³-hybridized carbons (Fsp3) is 0.733. The molecule has 2 aliphatic rings. The second kappa shape index (κ2) is 4.22. The number of aromatic nitrogens is 2. The highest BCUT2D eigenvalue weighted by molar-refractivity contribution is 5.21. The number of allylic oxidation sites excluding steroid dienone is 2. The molecule has 0 N–H and O–H groups in total. The summed E-state index contributed by atoms with van der Waals surface area (Å²) in [5.41, 5.74) is 0. The fourth-order valence-electron chi connectivity index (χ4n) is 3.73. The van der Waals surface area contributed by atoms with E-state index in [9.17, 15) is 0 Å². The zero-order valence-corrected chi connectivity index (χ0v) is 11.6. The van der Waals surface area contributed by atoms with Crippen molar-refractivity contribution in [1.82, 2.24) is 10.1 Å². The molecular weight excluding hydrogens is 224 g/mol. The summed E-state index contributed by atoms with van der Waals surface area (Å²) in [6.07, 6.45) is 6.02. The zero-order valence-electron chi connectivity index (χ0n) is 11.6. The van der Waals surface area contributed by atoms with Crippen LogP contribution >= 0.6 is 0 Å². The van der Waals surface area contributed by atoms with Crippen LogP contribution in [0, 0.1) is 23.7 Å². The van der Waals surface area contributed by atoms with Gasteiger partial charge in [-0.05, 0) is 30.1 Å². The van der Waals surface area contributed by atoms with Crippen molar-refractivity contribution in [2.24, 2.45) is 23.7 Å². The summed E-state index contributed by atoms with van der Waals surface area (Å²) in [4.78, 5) is 4.63. The molecule has 2 aliphatic carbocycles. The lowest BCUT2D eigenvalue weighted by atomic mass is 9.76. The van der Waals surface area contributed by atoms with Crippen LogP contribution in [0.2, 0.25) is 0 Å². The van der Waals surface area contributed by atoms with Crippen molar-refractivity contribution in [3.8, 4) is 0 Å². The molecule has 3 heteroatoms. The Morgan fingerprint density at radius 3 is 2.50 bits per heavy atom. The SMILES string of the molecule is CC(C)c1noc(C2C3C=CC(C3)C2C(C)C)n1. The van der Waals surface area contributed by atoms with Gasteiger partial charge in [-0.2, -0.15) is 4.98 Å². The molecule has 1 saturated carbocycles. The van der Waals surface area contributed by atoms with Crippen molar-refractivity contribution in [3.05, 3.63) is 23.9 Å². The number of nitrogens with zero attached hydrogens (tertiary/aromatic N) is 2. The summed E-state index contributed by atoms with van der Waals surface area (Å²) in [5.74, 6) is 5.17. The molecule has 0 aliphatic heterocycles. The summed E-state index contributed by atoms with van der Waals surface area (Å²) in [5, 5.41) is 4.13. The summed E-state index contributed by atoms with van der Waals surface area (Å²) in [7, 11) is 0. The maximum absolute atomic E-state index is 5.55. The topological polar surface area (TPSA) is 38.9 Å². The van der Waals surface area contributed by atoms with Crippen molar-refractivity contribution in [2.45, 2.75) is 46.0 Å². The summed E-state index contributed by atoms with van der Waals surface area (Å²) in [6, 6.07) is 0. The number of hydrogen-bond acceptors (Lipinski definition) is 3. The van der Waals surface area contributed by atoms with Gasteiger partial charge in [-0.15, -0.1) is 0 Å². The van der Waals surface area contributed by atoms with Gasteiger partial charge in [0.1, 0.15) is 0 Å². The average Bonchev–Trinajstić information content (AvgIpc) is 3.02. The van der Waals surface area contributed by atoms with Crippen molar-refractivity contribution < 1.29 is 4.52 Å². The van der Waals surface area contributed by atoms with Gasteiger partial charge in [0.05, 0.1) is 0 Å². The van der Waals surface area contributed by atoms with Crippen molar-refractivity contribution >= 4 is 0 Å². The molecule has 1 aromatic rings. The van der Waals surface area contributed by atoms with Gasteiger partial charge in [0.2, 0.25) is 5.89 Å². The van der Waals surface area contributed by atoms with Gasteiger partial charge in [0, 0.05) is 11.8 Å². The Labute approximate surface area is 109 Å². The van der Waals surface area contributed by atoms with Crippen molar-refractivity contribution in [3.63, 3.8) is 0 Å². The van der Waals surface area contributed by atoms with Gasteiger partial charge < -0.3 is 4.52 Å². The van der Waals surface area contributed by atoms with Crippen LogP contribution in [0.5, 0.6) is 0 Å². The van der Waals surface area contributed by atoms with Crippen molar-refractivity contribution in [2.75, 3.05) is 0 Å². The van der Waals surface area contributed by atoms with E-state index < -0.39 is 0 Å². The number of fused-ring (bicyclic) bond motifs is 2. The third-order valence-corrected chi connectivity index (χ3v) is 4.55. The molecule has 2 bridgehead atoms. The highest BCUT2D eigenvalue weighted by Gasteiger charge is 2.48. The minimum absolute atomic E-state index is 0.342. The fourth-order valence-corrected chi connectivity index (χ4v) is 3.73. The van der Waals surface area contributed by atoms with Crippen LogP contribution in [0.1, 0.15) is 57.7 Å². The van der Waals surface area contributed by atoms with Crippen LogP contribution in [0.4, 0.5) is 0 Å². The molecule has 1 aromatic heterocycles. The summed E-state index contributed by atoms with van der Waals surface area (Å²) in [6.45, 7) is 8.84. The Morgan fingerprint density at radius 1 is 1.17 bits per heavy atom. The molecule has 98 valence electrons. The van der Waals surface area contributed by atoms with Crippen LogP contribution in [-0.2, 0) is 0 Å². The first kappa shape index (κ1) is 11.9. The smallest absolute Gasteiger partial charge is 0.230 e. The van der Waals surface area contributed by atoms with Gasteiger partial charge in [-0.1, -0.05) is 45.0 Å². The van der Waals surface area contributed by atoms with E-state index in [4.69, 9.17) is 4.52 Å². The molecular formula is C15H22N2O. The maximum Gasteiger partial charge on any atom is 0.230 e. The lowest BCUT2D eigenvalue weighted by Gasteiger charge is -2.28. The first-order chi connectivity index (χ1) is 8.58. The van der Waals surface area contributed by atoms with Gasteiger partial charge >= 0.3 is 0 Å². The first-order valence-corrected chi connectivity index (χ1v) is 7.09. The molecule has 3 nitrogen and oxygen atoms in total. The average molecular weight is 246 g/mol. The predicted octanol–water partition coefficient (Wildman–Crippen LogP) is 3.75. The highest BCUT2D eigenvalue weighted by Crippen LogP contribution is 2.55. The normalized spacial score (nSPS) is 34.1. The molecule has 1 heterocycles. The lowest BCUT2D eigenvalue weighted by molar-refractivity contribution is 0.241. The van der Waals surface area contributed by atoms with Crippen LogP contribution < -0.4 is 0 Å². The summed E-state index contributed by atoms with van der Waals surface area (Å²) >= 11 is 0. The van der Waals surface area contributed by atoms with E-state index in [1.165, 1.54) is 6.42 Å². The number of rotatable bonds is 3. The molecule has 1 fully saturated rings. The molecule has 4 atom stereocenters. The Balaban J connectivity index is 1.92. The van der Waals surface area contributed by atoms with Gasteiger partial charge in [-0.3, -0.25) is 0 Å². The van der Waals surface area contributed by atoms with Crippen molar-refractivity contribution in [1.29, 1.82) is 0 Å². The van der Waals surface area contributed by atoms with Gasteiger partial charge in [0.15, 0.2) is 5.82 Å². The Bertz CT molecular complexity index is 461. The Kier molecular flexibility index (Phi) is 2.80. The Morgan fingerprint density at radius 2 is 1.89 bits per heavy atom. The molecule has 0 spiro atoms. The monoisotopic (exact) mass is 246 g/mol. The first-order valence-electron chi connectivity index (χ1n) is 7.09. The van der Waals surface area contributed by atoms with Gasteiger partial charge in [0.25, 0.3) is 0 Å². The van der Waals surface area contributed by atoms with E-state index in [0.717, 1.165) is 17.6 Å².